The van der Waals surface area contributed by atoms with Crippen LogP contribution >= 0.6 is 0 Å². The summed E-state index contributed by atoms with van der Waals surface area (Å²) in [5.41, 5.74) is -2.06. The quantitative estimate of drug-likeness (QED) is 0.691. The first-order valence-corrected chi connectivity index (χ1v) is 7.64. The minimum absolute atomic E-state index is 0.162. The molecule has 2 aromatic carbocycles. The Bertz CT molecular complexity index is 700. The summed E-state index contributed by atoms with van der Waals surface area (Å²) in [7, 11) is 2.86. The molecule has 0 aliphatic rings. The van der Waals surface area contributed by atoms with Gasteiger partial charge in [-0.3, -0.25) is 0 Å². The van der Waals surface area contributed by atoms with Crippen LogP contribution in [-0.4, -0.2) is 27.1 Å². The van der Waals surface area contributed by atoms with E-state index in [4.69, 9.17) is 9.47 Å². The molecule has 136 valence electrons. The zero-order chi connectivity index (χ0) is 18.8. The van der Waals surface area contributed by atoms with E-state index in [9.17, 15) is 17.6 Å². The van der Waals surface area contributed by atoms with E-state index in [-0.39, 0.29) is 11.1 Å². The van der Waals surface area contributed by atoms with E-state index in [1.807, 2.05) is 0 Å². The van der Waals surface area contributed by atoms with Gasteiger partial charge in [-0.1, -0.05) is 24.3 Å². The van der Waals surface area contributed by atoms with Crippen molar-refractivity contribution in [2.45, 2.75) is 25.4 Å². The molecule has 6 heteroatoms. The molecule has 2 rings (SSSR count). The third-order valence-electron chi connectivity index (χ3n) is 4.46. The first kappa shape index (κ1) is 19.1. The molecule has 0 aliphatic carbocycles. The summed E-state index contributed by atoms with van der Waals surface area (Å²) in [4.78, 5) is 0. The lowest BCUT2D eigenvalue weighted by Crippen LogP contribution is -2.45. The molecule has 0 amide bonds. The molecule has 0 atom stereocenters. The van der Waals surface area contributed by atoms with E-state index in [0.717, 1.165) is 0 Å². The molecule has 0 radical (unpaired) electrons. The van der Waals surface area contributed by atoms with Crippen molar-refractivity contribution < 1.29 is 27.0 Å². The molecule has 0 bridgehead atoms. The summed E-state index contributed by atoms with van der Waals surface area (Å²) in [6.45, 7) is 1.65. The van der Waals surface area contributed by atoms with Crippen LogP contribution in [0.2, 0.25) is 0 Å². The molecule has 0 spiro atoms. The van der Waals surface area contributed by atoms with E-state index < -0.39 is 18.3 Å². The smallest absolute Gasteiger partial charge is 0.404 e. The Balaban J connectivity index is 2.75. The lowest BCUT2D eigenvalue weighted by molar-refractivity contribution is -0.182. The summed E-state index contributed by atoms with van der Waals surface area (Å²) in [6, 6.07) is 8.03. The average Bonchev–Trinajstić information content (AvgIpc) is 2.55. The fourth-order valence-corrected chi connectivity index (χ4v) is 3.01. The maximum absolute atomic E-state index is 14.1. The minimum Gasteiger partial charge on any atom is -0.496 e. The Labute approximate surface area is 144 Å². The Morgan fingerprint density at radius 3 is 1.44 bits per heavy atom. The van der Waals surface area contributed by atoms with Crippen LogP contribution in [0, 0.1) is 13.8 Å². The van der Waals surface area contributed by atoms with Gasteiger partial charge in [0.15, 0.2) is 0 Å². The van der Waals surface area contributed by atoms with Crippen molar-refractivity contribution in [3.8, 4) is 11.5 Å². The highest BCUT2D eigenvalue weighted by atomic mass is 19.4. The van der Waals surface area contributed by atoms with Crippen LogP contribution in [0.5, 0.6) is 11.5 Å². The zero-order valence-corrected chi connectivity index (χ0v) is 14.5. The highest BCUT2D eigenvalue weighted by molar-refractivity contribution is 5.49. The van der Waals surface area contributed by atoms with Gasteiger partial charge < -0.3 is 9.47 Å². The van der Waals surface area contributed by atoms with Gasteiger partial charge in [-0.05, 0) is 48.2 Å². The van der Waals surface area contributed by atoms with Crippen LogP contribution in [0.3, 0.4) is 0 Å². The Kier molecular flexibility index (Phi) is 5.30. The number of halogens is 4. The third-order valence-corrected chi connectivity index (χ3v) is 4.46. The van der Waals surface area contributed by atoms with Crippen LogP contribution in [-0.2, 0) is 5.41 Å². The first-order valence-electron chi connectivity index (χ1n) is 7.64. The predicted molar refractivity (Wildman–Crippen MR) is 88.3 cm³/mol. The number of rotatable bonds is 5. The molecule has 0 fully saturated rings. The largest absolute Gasteiger partial charge is 0.496 e. The maximum atomic E-state index is 14.1. The molecule has 2 nitrogen and oxygen atoms in total. The summed E-state index contributed by atoms with van der Waals surface area (Å²) in [5, 5.41) is 0. The molecular formula is C19H20F4O2. The topological polar surface area (TPSA) is 18.5 Å². The highest BCUT2D eigenvalue weighted by Crippen LogP contribution is 2.48. The van der Waals surface area contributed by atoms with Crippen molar-refractivity contribution in [3.05, 3.63) is 58.7 Å². The Morgan fingerprint density at radius 1 is 0.800 bits per heavy atom. The fraction of sp³-hybridized carbons (Fsp3) is 0.368. The van der Waals surface area contributed by atoms with E-state index in [0.29, 0.717) is 22.6 Å². The van der Waals surface area contributed by atoms with Crippen LogP contribution in [0.4, 0.5) is 17.6 Å². The number of alkyl halides is 4. The van der Waals surface area contributed by atoms with Crippen LogP contribution in [0.1, 0.15) is 22.3 Å². The summed E-state index contributed by atoms with van der Waals surface area (Å²) >= 11 is 0. The average molecular weight is 356 g/mol. The number of benzene rings is 2. The van der Waals surface area contributed by atoms with E-state index in [2.05, 4.69) is 0 Å². The molecule has 0 N–H and O–H groups in total. The van der Waals surface area contributed by atoms with Crippen molar-refractivity contribution in [2.75, 3.05) is 20.9 Å². The standard InChI is InChI=1S/C19H20F4O2/c1-12-9-14(5-7-16(12)24-3)18(11-20,19(21,22)23)15-6-8-17(25-4)13(2)10-15/h5-10H,11H2,1-4H3. The van der Waals surface area contributed by atoms with Gasteiger partial charge in [0, 0.05) is 0 Å². The Hall–Kier alpha value is -2.24. The summed E-state index contributed by atoms with van der Waals surface area (Å²) < 4.78 is 66.4. The molecule has 0 heterocycles. The third kappa shape index (κ3) is 3.17. The molecular weight excluding hydrogens is 336 g/mol. The highest BCUT2D eigenvalue weighted by Gasteiger charge is 2.57. The van der Waals surface area contributed by atoms with Crippen LogP contribution in [0.25, 0.3) is 0 Å². The molecule has 25 heavy (non-hydrogen) atoms. The van der Waals surface area contributed by atoms with Crippen molar-refractivity contribution >= 4 is 0 Å². The van der Waals surface area contributed by atoms with Crippen molar-refractivity contribution in [1.82, 2.24) is 0 Å². The maximum Gasteiger partial charge on any atom is 0.404 e. The molecule has 0 saturated carbocycles. The number of methoxy groups -OCH3 is 2. The number of hydrogen-bond donors (Lipinski definition) is 0. The van der Waals surface area contributed by atoms with Crippen molar-refractivity contribution in [3.63, 3.8) is 0 Å². The van der Waals surface area contributed by atoms with Gasteiger partial charge in [-0.25, -0.2) is 4.39 Å². The van der Waals surface area contributed by atoms with Gasteiger partial charge in [0.25, 0.3) is 0 Å². The normalized spacial score (nSPS) is 12.2. The monoisotopic (exact) mass is 356 g/mol. The number of ether oxygens (including phenoxy) is 2. The van der Waals surface area contributed by atoms with Crippen LogP contribution < -0.4 is 9.47 Å². The SMILES string of the molecule is COc1ccc(C(CF)(c2ccc(OC)c(C)c2)C(F)(F)F)cc1C. The van der Waals surface area contributed by atoms with Gasteiger partial charge in [-0.2, -0.15) is 13.2 Å². The molecule has 2 aromatic rings. The lowest BCUT2D eigenvalue weighted by Gasteiger charge is -2.35. The summed E-state index contributed by atoms with van der Waals surface area (Å²) in [5.74, 6) is 0.897. The zero-order valence-electron chi connectivity index (χ0n) is 14.5. The van der Waals surface area contributed by atoms with Gasteiger partial charge in [0.05, 0.1) is 14.2 Å². The minimum atomic E-state index is -4.82. The van der Waals surface area contributed by atoms with E-state index >= 15 is 0 Å². The number of hydrogen-bond acceptors (Lipinski definition) is 2. The van der Waals surface area contributed by atoms with Gasteiger partial charge in [0.2, 0.25) is 0 Å². The first-order chi connectivity index (χ1) is 11.7. The van der Waals surface area contributed by atoms with E-state index in [1.54, 1.807) is 13.8 Å². The second-order valence-corrected chi connectivity index (χ2v) is 5.91. The van der Waals surface area contributed by atoms with Crippen molar-refractivity contribution in [2.24, 2.45) is 0 Å². The number of aryl methyl sites for hydroxylation is 2. The molecule has 0 unspecified atom stereocenters. The van der Waals surface area contributed by atoms with Crippen molar-refractivity contribution in [1.29, 1.82) is 0 Å². The molecule has 0 aliphatic heterocycles. The van der Waals surface area contributed by atoms with Gasteiger partial charge in [0.1, 0.15) is 23.6 Å². The second-order valence-electron chi connectivity index (χ2n) is 5.91. The van der Waals surface area contributed by atoms with Gasteiger partial charge in [-0.15, -0.1) is 0 Å². The van der Waals surface area contributed by atoms with Crippen LogP contribution in [0.15, 0.2) is 36.4 Å². The molecule has 0 saturated heterocycles. The van der Waals surface area contributed by atoms with Gasteiger partial charge >= 0.3 is 6.18 Å². The second kappa shape index (κ2) is 6.94. The summed E-state index contributed by atoms with van der Waals surface area (Å²) in [6.07, 6.45) is -4.82. The predicted octanol–water partition coefficient (Wildman–Crippen LogP) is 5.14. The Morgan fingerprint density at radius 2 is 1.20 bits per heavy atom. The fourth-order valence-electron chi connectivity index (χ4n) is 3.01. The lowest BCUT2D eigenvalue weighted by atomic mass is 9.74. The molecule has 0 aromatic heterocycles. The van der Waals surface area contributed by atoms with E-state index in [1.165, 1.54) is 50.6 Å².